The van der Waals surface area contributed by atoms with Crippen LogP contribution in [-0.2, 0) is 34.1 Å². The van der Waals surface area contributed by atoms with Gasteiger partial charge in [-0.25, -0.2) is 8.42 Å². The Morgan fingerprint density at radius 2 is 1.64 bits per heavy atom. The molecule has 11 heteroatoms. The molecule has 3 aromatic rings. The third-order valence-corrected chi connectivity index (χ3v) is 10.2. The summed E-state index contributed by atoms with van der Waals surface area (Å²) in [6.45, 7) is 9.65. The number of nitrogens with zero attached hydrogens (tertiary/aromatic N) is 2. The minimum absolute atomic E-state index is 0.0278. The lowest BCUT2D eigenvalue weighted by atomic mass is 9.74. The van der Waals surface area contributed by atoms with Gasteiger partial charge in [-0.05, 0) is 94.3 Å². The van der Waals surface area contributed by atoms with Crippen LogP contribution in [0, 0.1) is 32.1 Å². The number of aryl methyl sites for hydroxylation is 3. The summed E-state index contributed by atoms with van der Waals surface area (Å²) in [7, 11) is -4.14. The standard InChI is InChI=1S/C31H37F3N2O5S/c1-20-15-21(2)28(22(3)16-20)42(39,40)36(19-26-12-13-27(41-26)31(32,33)34)17-23-8-10-25(11-9-23)35-14-6-7-24(18-35)30(4,5)29(37)38/h8-13,15-16,24H,6-7,14,17-19H2,1-5H3,(H,37,38). The van der Waals surface area contributed by atoms with Crippen LogP contribution in [0.15, 0.2) is 57.8 Å². The first-order valence-corrected chi connectivity index (χ1v) is 15.3. The van der Waals surface area contributed by atoms with Crippen LogP contribution in [0.5, 0.6) is 0 Å². The van der Waals surface area contributed by atoms with E-state index in [2.05, 4.69) is 4.90 Å². The summed E-state index contributed by atoms with van der Waals surface area (Å²) in [6.07, 6.45) is -3.01. The lowest BCUT2D eigenvalue weighted by molar-refractivity contribution is -0.153. The number of halogens is 3. The molecule has 0 bridgehead atoms. The topological polar surface area (TPSA) is 91.1 Å². The Kier molecular flexibility index (Phi) is 8.85. The molecule has 7 nitrogen and oxygen atoms in total. The highest BCUT2D eigenvalue weighted by molar-refractivity contribution is 7.89. The van der Waals surface area contributed by atoms with Gasteiger partial charge in [0.2, 0.25) is 15.8 Å². The van der Waals surface area contributed by atoms with Gasteiger partial charge in [-0.15, -0.1) is 0 Å². The minimum Gasteiger partial charge on any atom is -0.481 e. The van der Waals surface area contributed by atoms with E-state index in [0.29, 0.717) is 23.2 Å². The van der Waals surface area contributed by atoms with E-state index in [9.17, 15) is 31.5 Å². The first kappa shape index (κ1) is 31.6. The molecule has 1 unspecified atom stereocenters. The molecule has 1 aliphatic heterocycles. The van der Waals surface area contributed by atoms with E-state index in [1.807, 2.05) is 19.1 Å². The summed E-state index contributed by atoms with van der Waals surface area (Å²) < 4.78 is 73.7. The zero-order valence-electron chi connectivity index (χ0n) is 24.5. The molecule has 1 aliphatic rings. The Morgan fingerprint density at radius 1 is 1.02 bits per heavy atom. The second-order valence-corrected chi connectivity index (χ2v) is 13.6. The van der Waals surface area contributed by atoms with Crippen LogP contribution in [0.25, 0.3) is 0 Å². The SMILES string of the molecule is Cc1cc(C)c(S(=O)(=O)N(Cc2ccc(N3CCCC(C(C)(C)C(=O)O)C3)cc2)Cc2ccc(C(F)(F)F)o2)c(C)c1. The monoisotopic (exact) mass is 606 g/mol. The molecule has 0 spiro atoms. The van der Waals surface area contributed by atoms with Gasteiger partial charge in [-0.2, -0.15) is 17.5 Å². The maximum Gasteiger partial charge on any atom is 0.449 e. The van der Waals surface area contributed by atoms with Crippen molar-refractivity contribution in [2.24, 2.45) is 11.3 Å². The fraction of sp³-hybridized carbons (Fsp3) is 0.452. The van der Waals surface area contributed by atoms with E-state index in [-0.39, 0.29) is 29.7 Å². The van der Waals surface area contributed by atoms with Crippen LogP contribution in [0.3, 0.4) is 0 Å². The molecule has 0 aliphatic carbocycles. The van der Waals surface area contributed by atoms with Gasteiger partial charge in [0.1, 0.15) is 5.76 Å². The third-order valence-electron chi connectivity index (χ3n) is 8.13. The molecule has 228 valence electrons. The molecule has 42 heavy (non-hydrogen) atoms. The minimum atomic E-state index is -4.69. The maximum atomic E-state index is 14.0. The number of sulfonamides is 1. The molecule has 1 N–H and O–H groups in total. The summed E-state index contributed by atoms with van der Waals surface area (Å²) in [5.41, 5.74) is 2.67. The predicted molar refractivity (Wildman–Crippen MR) is 154 cm³/mol. The lowest BCUT2D eigenvalue weighted by Gasteiger charge is -2.40. The number of carboxylic acids is 1. The third kappa shape index (κ3) is 6.67. The molecule has 2 heterocycles. The first-order chi connectivity index (χ1) is 19.5. The van der Waals surface area contributed by atoms with Gasteiger partial charge in [0, 0.05) is 25.3 Å². The number of anilines is 1. The molecule has 0 radical (unpaired) electrons. The molecule has 2 aromatic carbocycles. The smallest absolute Gasteiger partial charge is 0.449 e. The number of benzene rings is 2. The Balaban J connectivity index is 1.63. The summed E-state index contributed by atoms with van der Waals surface area (Å²) in [5, 5.41) is 9.68. The van der Waals surface area contributed by atoms with Gasteiger partial charge in [0.05, 0.1) is 16.9 Å². The van der Waals surface area contributed by atoms with Gasteiger partial charge < -0.3 is 14.4 Å². The van der Waals surface area contributed by atoms with Crippen molar-refractivity contribution in [2.75, 3.05) is 18.0 Å². The molecule has 4 rings (SSSR count). The molecule has 1 aromatic heterocycles. The molecular weight excluding hydrogens is 569 g/mol. The quantitative estimate of drug-likeness (QED) is 0.284. The number of alkyl halides is 3. The Bertz CT molecular complexity index is 1520. The summed E-state index contributed by atoms with van der Waals surface area (Å²) >= 11 is 0. The van der Waals surface area contributed by atoms with Gasteiger partial charge >= 0.3 is 12.1 Å². The summed E-state index contributed by atoms with van der Waals surface area (Å²) in [4.78, 5) is 14.1. The van der Waals surface area contributed by atoms with Crippen LogP contribution >= 0.6 is 0 Å². The average Bonchev–Trinajstić information content (AvgIpc) is 3.37. The average molecular weight is 607 g/mol. The zero-order chi connectivity index (χ0) is 31.0. The number of rotatable bonds is 9. The van der Waals surface area contributed by atoms with Crippen molar-refractivity contribution in [3.8, 4) is 0 Å². The highest BCUT2D eigenvalue weighted by atomic mass is 32.2. The van der Waals surface area contributed by atoms with Crippen molar-refractivity contribution < 1.29 is 35.9 Å². The van der Waals surface area contributed by atoms with E-state index >= 15 is 0 Å². The van der Waals surface area contributed by atoms with E-state index in [1.54, 1.807) is 52.0 Å². The molecule has 0 saturated carbocycles. The molecule has 1 atom stereocenters. The van der Waals surface area contributed by atoms with Crippen molar-refractivity contribution >= 4 is 21.7 Å². The largest absolute Gasteiger partial charge is 0.481 e. The highest BCUT2D eigenvalue weighted by Crippen LogP contribution is 2.36. The van der Waals surface area contributed by atoms with Gasteiger partial charge in [-0.1, -0.05) is 29.8 Å². The maximum absolute atomic E-state index is 14.0. The van der Waals surface area contributed by atoms with Gasteiger partial charge in [0.25, 0.3) is 0 Å². The predicted octanol–water partition coefficient (Wildman–Crippen LogP) is 6.94. The Labute approximate surface area is 245 Å². The number of carbonyl (C=O) groups is 1. The number of piperidine rings is 1. The summed E-state index contributed by atoms with van der Waals surface area (Å²) in [5.74, 6) is -2.16. The van der Waals surface area contributed by atoms with Crippen molar-refractivity contribution in [2.45, 2.75) is 71.6 Å². The van der Waals surface area contributed by atoms with Crippen LogP contribution in [0.1, 0.15) is 60.5 Å². The molecule has 1 saturated heterocycles. The molecular formula is C31H37F3N2O5S. The normalized spacial score (nSPS) is 16.7. The zero-order valence-corrected chi connectivity index (χ0v) is 25.3. The summed E-state index contributed by atoms with van der Waals surface area (Å²) in [6, 6.07) is 12.8. The second kappa shape index (κ2) is 11.8. The van der Waals surface area contributed by atoms with E-state index in [4.69, 9.17) is 4.42 Å². The lowest BCUT2D eigenvalue weighted by Crippen LogP contribution is -2.44. The van der Waals surface area contributed by atoms with Gasteiger partial charge in [0.15, 0.2) is 0 Å². The van der Waals surface area contributed by atoms with Crippen molar-refractivity contribution in [3.63, 3.8) is 0 Å². The van der Waals surface area contributed by atoms with E-state index in [1.165, 1.54) is 0 Å². The highest BCUT2D eigenvalue weighted by Gasteiger charge is 2.39. The number of hydrogen-bond acceptors (Lipinski definition) is 5. The second-order valence-electron chi connectivity index (χ2n) is 11.7. The number of hydrogen-bond donors (Lipinski definition) is 1. The van der Waals surface area contributed by atoms with E-state index < -0.39 is 33.3 Å². The van der Waals surface area contributed by atoms with Crippen molar-refractivity contribution in [1.82, 2.24) is 4.31 Å². The fourth-order valence-electron chi connectivity index (χ4n) is 5.71. The Morgan fingerprint density at radius 3 is 2.19 bits per heavy atom. The Hall–Kier alpha value is -3.31. The first-order valence-electron chi connectivity index (χ1n) is 13.8. The molecule has 1 fully saturated rings. The molecule has 0 amide bonds. The van der Waals surface area contributed by atoms with Crippen molar-refractivity contribution in [1.29, 1.82) is 0 Å². The van der Waals surface area contributed by atoms with Crippen molar-refractivity contribution in [3.05, 3.63) is 82.3 Å². The fourth-order valence-corrected chi connectivity index (χ4v) is 7.51. The number of carboxylic acid groups (broad SMARTS) is 1. The van der Waals surface area contributed by atoms with Crippen LogP contribution in [0.2, 0.25) is 0 Å². The van der Waals surface area contributed by atoms with E-state index in [0.717, 1.165) is 47.1 Å². The number of aliphatic carboxylic acids is 1. The van der Waals surface area contributed by atoms with Crippen LogP contribution < -0.4 is 4.90 Å². The van der Waals surface area contributed by atoms with Crippen LogP contribution in [-0.4, -0.2) is 36.9 Å². The van der Waals surface area contributed by atoms with Crippen LogP contribution in [0.4, 0.5) is 18.9 Å². The van der Waals surface area contributed by atoms with Gasteiger partial charge in [-0.3, -0.25) is 4.79 Å². The number of furan rings is 1.